The van der Waals surface area contributed by atoms with Gasteiger partial charge in [0.05, 0.1) is 29.7 Å². The number of nitrogens with zero attached hydrogens (tertiary/aromatic N) is 3. The van der Waals surface area contributed by atoms with E-state index >= 15 is 0 Å². The molecule has 0 N–H and O–H groups in total. The monoisotopic (exact) mass is 401 g/mol. The molecular formula is C22H22F3N3O. The molecule has 0 amide bonds. The van der Waals surface area contributed by atoms with Crippen LogP contribution < -0.4 is 4.74 Å². The van der Waals surface area contributed by atoms with Crippen LogP contribution in [0.15, 0.2) is 48.5 Å². The second kappa shape index (κ2) is 6.76. The lowest BCUT2D eigenvalue weighted by Crippen LogP contribution is -2.26. The number of ether oxygens (including phenoxy) is 1. The zero-order chi connectivity index (χ0) is 20.2. The number of imidazole rings is 1. The Morgan fingerprint density at radius 1 is 1.03 bits per heavy atom. The van der Waals surface area contributed by atoms with Crippen molar-refractivity contribution in [3.8, 4) is 5.75 Å². The first-order chi connectivity index (χ1) is 13.9. The van der Waals surface area contributed by atoms with Crippen LogP contribution >= 0.6 is 0 Å². The number of aromatic nitrogens is 2. The lowest BCUT2D eigenvalue weighted by atomic mass is 10.2. The number of para-hydroxylation sites is 2. The van der Waals surface area contributed by atoms with Gasteiger partial charge in [-0.05, 0) is 48.2 Å². The topological polar surface area (TPSA) is 30.3 Å². The molecule has 1 unspecified atom stereocenters. The fourth-order valence-electron chi connectivity index (χ4n) is 4.58. The van der Waals surface area contributed by atoms with Crippen LogP contribution in [0.5, 0.6) is 5.75 Å². The molecule has 1 saturated heterocycles. The van der Waals surface area contributed by atoms with E-state index < -0.39 is 11.7 Å². The summed E-state index contributed by atoms with van der Waals surface area (Å²) in [7, 11) is 2.06. The Morgan fingerprint density at radius 2 is 1.72 bits per heavy atom. The van der Waals surface area contributed by atoms with E-state index in [9.17, 15) is 13.2 Å². The molecule has 0 radical (unpaired) electrons. The number of alkyl halides is 3. The summed E-state index contributed by atoms with van der Waals surface area (Å²) in [5.74, 6) is 3.29. The summed E-state index contributed by atoms with van der Waals surface area (Å²) >= 11 is 0. The van der Waals surface area contributed by atoms with Gasteiger partial charge < -0.3 is 9.30 Å². The molecule has 3 aromatic rings. The molecule has 7 heteroatoms. The highest BCUT2D eigenvalue weighted by Crippen LogP contribution is 2.52. The number of hydrogen-bond donors (Lipinski definition) is 0. The van der Waals surface area contributed by atoms with Crippen molar-refractivity contribution in [1.29, 1.82) is 0 Å². The Morgan fingerprint density at radius 3 is 2.38 bits per heavy atom. The number of halogens is 3. The highest BCUT2D eigenvalue weighted by Gasteiger charge is 2.55. The Bertz CT molecular complexity index is 1020. The van der Waals surface area contributed by atoms with Gasteiger partial charge in [0.15, 0.2) is 0 Å². The van der Waals surface area contributed by atoms with Crippen molar-refractivity contribution in [2.75, 3.05) is 19.7 Å². The highest BCUT2D eigenvalue weighted by molar-refractivity contribution is 5.75. The van der Waals surface area contributed by atoms with Gasteiger partial charge in [-0.15, -0.1) is 0 Å². The van der Waals surface area contributed by atoms with Crippen LogP contribution in [0.4, 0.5) is 13.2 Å². The minimum atomic E-state index is -4.31. The molecule has 2 aromatic carbocycles. The SMILES string of the molecule is Cn1c(CN2C[C@@H]3C(COc4ccc(C(F)(F)F)cc4)[C@@H]3C2)nc2ccccc21. The standard InChI is InChI=1S/C22H22F3N3O/c1-27-20-5-3-2-4-19(20)26-21(27)12-28-10-16-17(11-28)18(16)13-29-15-8-6-14(7-9-15)22(23,24)25/h2-9,16-18H,10-13H2,1H3/t16-,17+,18?. The second-order valence-electron chi connectivity index (χ2n) is 8.09. The first-order valence-electron chi connectivity index (χ1n) is 9.83. The summed E-state index contributed by atoms with van der Waals surface area (Å²) in [5.41, 5.74) is 1.53. The van der Waals surface area contributed by atoms with Crippen LogP contribution in [0.2, 0.25) is 0 Å². The van der Waals surface area contributed by atoms with Gasteiger partial charge in [-0.1, -0.05) is 12.1 Å². The van der Waals surface area contributed by atoms with Crippen molar-refractivity contribution >= 4 is 11.0 Å². The average molecular weight is 401 g/mol. The minimum absolute atomic E-state index is 0.494. The summed E-state index contributed by atoms with van der Waals surface area (Å²) in [6.45, 7) is 3.45. The molecule has 0 spiro atoms. The number of rotatable bonds is 5. The van der Waals surface area contributed by atoms with Crippen LogP contribution in [0.3, 0.4) is 0 Å². The third kappa shape index (κ3) is 3.48. The molecule has 1 aliphatic heterocycles. The number of aryl methyl sites for hydroxylation is 1. The summed E-state index contributed by atoms with van der Waals surface area (Å²) < 4.78 is 45.8. The molecule has 152 valence electrons. The molecule has 3 atom stereocenters. The Kier molecular flexibility index (Phi) is 4.31. The van der Waals surface area contributed by atoms with Gasteiger partial charge >= 0.3 is 6.18 Å². The largest absolute Gasteiger partial charge is 0.493 e. The maximum Gasteiger partial charge on any atom is 0.416 e. The lowest BCUT2D eigenvalue weighted by Gasteiger charge is -2.19. The van der Waals surface area contributed by atoms with Crippen LogP contribution in [0.1, 0.15) is 11.4 Å². The van der Waals surface area contributed by atoms with E-state index in [1.54, 1.807) is 0 Å². The average Bonchev–Trinajstić information content (AvgIpc) is 3.01. The quantitative estimate of drug-likeness (QED) is 0.637. The maximum absolute atomic E-state index is 12.6. The van der Waals surface area contributed by atoms with E-state index in [2.05, 4.69) is 22.6 Å². The number of hydrogen-bond acceptors (Lipinski definition) is 3. The van der Waals surface area contributed by atoms with Gasteiger partial charge in [0.2, 0.25) is 0 Å². The van der Waals surface area contributed by atoms with Crippen molar-refractivity contribution in [3.05, 3.63) is 59.9 Å². The fraction of sp³-hybridized carbons (Fsp3) is 0.409. The van der Waals surface area contributed by atoms with Crippen LogP contribution in [-0.4, -0.2) is 34.1 Å². The Labute approximate surface area is 166 Å². The first-order valence-corrected chi connectivity index (χ1v) is 9.83. The molecule has 2 heterocycles. The van der Waals surface area contributed by atoms with E-state index in [-0.39, 0.29) is 0 Å². The third-order valence-corrected chi connectivity index (χ3v) is 6.32. The van der Waals surface area contributed by atoms with Crippen molar-refractivity contribution < 1.29 is 17.9 Å². The zero-order valence-electron chi connectivity index (χ0n) is 16.1. The summed E-state index contributed by atoms with van der Waals surface area (Å²) in [4.78, 5) is 7.19. The summed E-state index contributed by atoms with van der Waals surface area (Å²) in [6, 6.07) is 13.1. The van der Waals surface area contributed by atoms with E-state index in [4.69, 9.17) is 9.72 Å². The number of piperidine rings is 1. The van der Waals surface area contributed by atoms with Crippen molar-refractivity contribution in [1.82, 2.24) is 14.5 Å². The predicted octanol–water partition coefficient (Wildman–Crippen LogP) is 4.35. The second-order valence-corrected chi connectivity index (χ2v) is 8.09. The van der Waals surface area contributed by atoms with E-state index in [0.29, 0.717) is 30.1 Å². The van der Waals surface area contributed by atoms with Crippen LogP contribution in [0.25, 0.3) is 11.0 Å². The van der Waals surface area contributed by atoms with E-state index in [0.717, 1.165) is 48.6 Å². The van der Waals surface area contributed by atoms with E-state index in [1.807, 2.05) is 18.2 Å². The Balaban J connectivity index is 1.13. The first kappa shape index (κ1) is 18.5. The molecule has 29 heavy (non-hydrogen) atoms. The van der Waals surface area contributed by atoms with Gasteiger partial charge in [-0.25, -0.2) is 4.98 Å². The fourth-order valence-corrected chi connectivity index (χ4v) is 4.58. The number of fused-ring (bicyclic) bond motifs is 2. The highest BCUT2D eigenvalue weighted by atomic mass is 19.4. The maximum atomic E-state index is 12.6. The zero-order valence-corrected chi connectivity index (χ0v) is 16.1. The Hall–Kier alpha value is -2.54. The lowest BCUT2D eigenvalue weighted by molar-refractivity contribution is -0.137. The molecule has 2 fully saturated rings. The number of likely N-dealkylation sites (tertiary alicyclic amines) is 1. The smallest absolute Gasteiger partial charge is 0.416 e. The molecule has 1 aliphatic carbocycles. The molecular weight excluding hydrogens is 379 g/mol. The van der Waals surface area contributed by atoms with Crippen molar-refractivity contribution in [2.24, 2.45) is 24.8 Å². The van der Waals surface area contributed by atoms with Gasteiger partial charge in [0.1, 0.15) is 11.6 Å². The molecule has 0 bridgehead atoms. The predicted molar refractivity (Wildman–Crippen MR) is 103 cm³/mol. The molecule has 1 saturated carbocycles. The minimum Gasteiger partial charge on any atom is -0.493 e. The molecule has 4 nitrogen and oxygen atoms in total. The summed E-state index contributed by atoms with van der Waals surface area (Å²) in [6.07, 6.45) is -4.31. The van der Waals surface area contributed by atoms with Crippen molar-refractivity contribution in [3.63, 3.8) is 0 Å². The van der Waals surface area contributed by atoms with Gasteiger partial charge in [0, 0.05) is 26.1 Å². The van der Waals surface area contributed by atoms with Crippen LogP contribution in [-0.2, 0) is 19.8 Å². The number of benzene rings is 2. The van der Waals surface area contributed by atoms with E-state index in [1.165, 1.54) is 12.1 Å². The van der Waals surface area contributed by atoms with Crippen molar-refractivity contribution in [2.45, 2.75) is 12.7 Å². The molecule has 1 aromatic heterocycles. The summed E-state index contributed by atoms with van der Waals surface area (Å²) in [5, 5.41) is 0. The van der Waals surface area contributed by atoms with Gasteiger partial charge in [-0.2, -0.15) is 13.2 Å². The molecule has 5 rings (SSSR count). The van der Waals surface area contributed by atoms with Gasteiger partial charge in [0.25, 0.3) is 0 Å². The van der Waals surface area contributed by atoms with Crippen LogP contribution in [0, 0.1) is 17.8 Å². The molecule has 2 aliphatic rings. The third-order valence-electron chi connectivity index (χ3n) is 6.32. The van der Waals surface area contributed by atoms with Gasteiger partial charge in [-0.3, -0.25) is 4.90 Å². The normalized spacial score (nSPS) is 24.1.